The van der Waals surface area contributed by atoms with Crippen molar-refractivity contribution in [2.45, 2.75) is 0 Å². The summed E-state index contributed by atoms with van der Waals surface area (Å²) >= 11 is 0. The van der Waals surface area contributed by atoms with E-state index in [0.717, 1.165) is 0 Å². The molecule has 0 unspecified atom stereocenters. The molecule has 0 heterocycles. The maximum atomic E-state index is 0. The van der Waals surface area contributed by atoms with Gasteiger partial charge in [0.25, 0.3) is 0 Å². The first-order valence-corrected chi connectivity index (χ1v) is 0. The van der Waals surface area contributed by atoms with Crippen LogP contribution in [0, 0.1) is 0 Å². The first kappa shape index (κ1) is 168. The average molecular weight is 99.9 g/mol. The van der Waals surface area contributed by atoms with Gasteiger partial charge in [-0.3, -0.25) is 0 Å². The Hall–Kier alpha value is 0.594. The van der Waals surface area contributed by atoms with E-state index in [1.54, 1.807) is 0 Å². The van der Waals surface area contributed by atoms with Gasteiger partial charge in [-0.2, -0.15) is 0 Å². The predicted molar refractivity (Wildman–Crippen MR) is 9.86 cm³/mol. The third-order valence-corrected chi connectivity index (χ3v) is 0. The van der Waals surface area contributed by atoms with Crippen LogP contribution >= 0.6 is 0 Å². The van der Waals surface area contributed by atoms with Crippen molar-refractivity contribution in [3.63, 3.8) is 0 Å². The third-order valence-electron chi connectivity index (χ3n) is 0. The summed E-state index contributed by atoms with van der Waals surface area (Å²) in [6.45, 7) is 0. The molecule has 0 fully saturated rings. The molecule has 27 valence electrons. The zero-order valence-electron chi connectivity index (χ0n) is 2.39. The molecule has 0 rings (SSSR count). The average Bonchev–Trinajstić information content (AvgIpc) is 0. The van der Waals surface area contributed by atoms with E-state index in [0.29, 0.717) is 0 Å². The smallest absolute Gasteiger partial charge is 0.870 e. The van der Waals surface area contributed by atoms with E-state index >= 15 is 0 Å². The van der Waals surface area contributed by atoms with Crippen molar-refractivity contribution in [2.75, 3.05) is 0 Å². The summed E-state index contributed by atoms with van der Waals surface area (Å²) in [6.07, 6.45) is 0. The molecule has 0 saturated heterocycles. The number of hydrogen-bond donors (Lipinski definition) is 1. The SMILES string of the molecule is [NH4+].[OH-].[OH-].[Ti+]. The van der Waals surface area contributed by atoms with E-state index in [2.05, 4.69) is 0 Å². The first-order valence-electron chi connectivity index (χ1n) is 0. The maximum absolute atomic E-state index is 0. The molecule has 0 aromatic heterocycles. The van der Waals surface area contributed by atoms with Crippen LogP contribution < -0.4 is 6.15 Å². The van der Waals surface area contributed by atoms with Gasteiger partial charge in [0.15, 0.2) is 0 Å². The van der Waals surface area contributed by atoms with Crippen LogP contribution in [0.5, 0.6) is 0 Å². The van der Waals surface area contributed by atoms with Gasteiger partial charge in [0, 0.05) is 0 Å². The molecular weight excluding hydrogens is 93.9 g/mol. The van der Waals surface area contributed by atoms with Crippen molar-refractivity contribution in [3.8, 4) is 0 Å². The second kappa shape index (κ2) is 68.5. The van der Waals surface area contributed by atoms with Gasteiger partial charge in [-0.05, 0) is 0 Å². The van der Waals surface area contributed by atoms with E-state index in [1.807, 2.05) is 0 Å². The molecule has 3 nitrogen and oxygen atoms in total. The largest absolute Gasteiger partial charge is 1.00 e. The summed E-state index contributed by atoms with van der Waals surface area (Å²) in [5, 5.41) is 0. The summed E-state index contributed by atoms with van der Waals surface area (Å²) < 4.78 is 0. The Bertz CT molecular complexity index is 6.00. The Labute approximate surface area is 39.5 Å². The van der Waals surface area contributed by atoms with Crippen molar-refractivity contribution >= 4 is 0 Å². The van der Waals surface area contributed by atoms with E-state index in [4.69, 9.17) is 0 Å². The van der Waals surface area contributed by atoms with E-state index in [9.17, 15) is 0 Å². The van der Waals surface area contributed by atoms with E-state index in [-0.39, 0.29) is 38.8 Å². The Balaban J connectivity index is 0. The Morgan fingerprint density at radius 2 is 0.750 bits per heavy atom. The van der Waals surface area contributed by atoms with Crippen LogP contribution in [-0.4, -0.2) is 11.0 Å². The summed E-state index contributed by atoms with van der Waals surface area (Å²) in [4.78, 5) is 0. The molecule has 1 radical (unpaired) electrons. The van der Waals surface area contributed by atoms with Crippen molar-refractivity contribution in [1.82, 2.24) is 6.15 Å². The summed E-state index contributed by atoms with van der Waals surface area (Å²) in [5.74, 6) is 0. The topological polar surface area (TPSA) is 96.5 Å². The van der Waals surface area contributed by atoms with Crippen molar-refractivity contribution in [3.05, 3.63) is 0 Å². The standard InChI is InChI=1S/H3N.2H2O.Ti/h1H3;2*1H2;/q;;;+1/p-1. The van der Waals surface area contributed by atoms with Crippen LogP contribution in [-0.2, 0) is 21.7 Å². The Morgan fingerprint density at radius 1 is 0.750 bits per heavy atom. The molecule has 0 saturated carbocycles. The molecule has 4 heteroatoms. The Kier molecular flexibility index (Phi) is 2880. The minimum absolute atomic E-state index is 0. The van der Waals surface area contributed by atoms with Gasteiger partial charge in [0.05, 0.1) is 0 Å². The molecule has 0 aliphatic carbocycles. The van der Waals surface area contributed by atoms with Crippen LogP contribution in [0.15, 0.2) is 0 Å². The number of rotatable bonds is 0. The van der Waals surface area contributed by atoms with Crippen LogP contribution in [0.25, 0.3) is 0 Å². The second-order valence-corrected chi connectivity index (χ2v) is 0. The molecule has 6 N–H and O–H groups in total. The fourth-order valence-electron chi connectivity index (χ4n) is 0. The molecule has 0 bridgehead atoms. The monoisotopic (exact) mass is 100.0 g/mol. The molecular formula is H6NO2Ti. The maximum Gasteiger partial charge on any atom is 1.00 e. The molecule has 0 atom stereocenters. The van der Waals surface area contributed by atoms with Crippen LogP contribution in [0.1, 0.15) is 0 Å². The number of hydrogen-bond acceptors (Lipinski definition) is 2. The normalized spacial score (nSPS) is 0. The number of quaternary nitrogens is 1. The van der Waals surface area contributed by atoms with Crippen LogP contribution in [0.2, 0.25) is 0 Å². The van der Waals surface area contributed by atoms with Gasteiger partial charge in [-0.15, -0.1) is 0 Å². The molecule has 0 aliphatic heterocycles. The molecule has 0 amide bonds. The molecule has 0 spiro atoms. The zero-order chi connectivity index (χ0) is 0. The van der Waals surface area contributed by atoms with Crippen molar-refractivity contribution in [1.29, 1.82) is 0 Å². The summed E-state index contributed by atoms with van der Waals surface area (Å²) in [7, 11) is 0. The fraction of sp³-hybridized carbons (Fsp3) is 0. The third kappa shape index (κ3) is 18.7. The van der Waals surface area contributed by atoms with Crippen molar-refractivity contribution < 1.29 is 32.7 Å². The molecule has 4 heavy (non-hydrogen) atoms. The van der Waals surface area contributed by atoms with Crippen LogP contribution in [0.3, 0.4) is 0 Å². The first-order chi connectivity index (χ1) is 0. The van der Waals surface area contributed by atoms with Gasteiger partial charge in [0.2, 0.25) is 0 Å². The van der Waals surface area contributed by atoms with Gasteiger partial charge in [-0.1, -0.05) is 0 Å². The fourth-order valence-corrected chi connectivity index (χ4v) is 0. The summed E-state index contributed by atoms with van der Waals surface area (Å²) in [5.41, 5.74) is 0. The predicted octanol–water partition coefficient (Wildman–Crippen LogP) is 0.0201. The van der Waals surface area contributed by atoms with Gasteiger partial charge < -0.3 is 17.1 Å². The minimum Gasteiger partial charge on any atom is -0.870 e. The second-order valence-electron chi connectivity index (χ2n) is 0. The van der Waals surface area contributed by atoms with Gasteiger partial charge in [-0.25, -0.2) is 0 Å². The van der Waals surface area contributed by atoms with E-state index < -0.39 is 0 Å². The quantitative estimate of drug-likeness (QED) is 0.434. The zero-order valence-corrected chi connectivity index (χ0v) is 3.96. The van der Waals surface area contributed by atoms with Gasteiger partial charge >= 0.3 is 21.7 Å². The van der Waals surface area contributed by atoms with Gasteiger partial charge in [0.1, 0.15) is 0 Å². The minimum atomic E-state index is 0. The molecule has 0 aromatic rings. The summed E-state index contributed by atoms with van der Waals surface area (Å²) in [6, 6.07) is 0. The van der Waals surface area contributed by atoms with Crippen molar-refractivity contribution in [2.24, 2.45) is 0 Å². The van der Waals surface area contributed by atoms with Crippen LogP contribution in [0.4, 0.5) is 0 Å². The Morgan fingerprint density at radius 3 is 0.750 bits per heavy atom. The molecule has 0 aromatic carbocycles. The van der Waals surface area contributed by atoms with E-state index in [1.165, 1.54) is 0 Å². The molecule has 0 aliphatic rings.